The number of carbonyl (C=O) groups excluding carboxylic acids is 1. The van der Waals surface area contributed by atoms with E-state index in [-0.39, 0.29) is 24.5 Å². The number of thiophene rings is 1. The maximum absolute atomic E-state index is 12.5. The largest absolute Gasteiger partial charge is 0.481 e. The van der Waals surface area contributed by atoms with Crippen LogP contribution in [-0.2, 0) is 11.2 Å². The fraction of sp³-hybridized carbons (Fsp3) is 0.600. The molecule has 0 bridgehead atoms. The molecular weight excluding hydrogens is 288 g/mol. The van der Waals surface area contributed by atoms with Crippen molar-refractivity contribution in [2.24, 2.45) is 0 Å². The summed E-state index contributed by atoms with van der Waals surface area (Å²) in [4.78, 5) is 26.4. The Morgan fingerprint density at radius 3 is 3.05 bits per heavy atom. The SMILES string of the molecule is O=C(O)CC1CCCN1C(=O)NC1CCCc2sccc21. The third-order valence-electron chi connectivity index (χ3n) is 4.40. The number of amides is 2. The summed E-state index contributed by atoms with van der Waals surface area (Å²) in [6.45, 7) is 0.660. The number of nitrogens with one attached hydrogen (secondary N) is 1. The van der Waals surface area contributed by atoms with Gasteiger partial charge in [-0.3, -0.25) is 4.79 Å². The highest BCUT2D eigenvalue weighted by molar-refractivity contribution is 7.10. The van der Waals surface area contributed by atoms with Crippen molar-refractivity contribution in [1.82, 2.24) is 10.2 Å². The van der Waals surface area contributed by atoms with E-state index >= 15 is 0 Å². The van der Waals surface area contributed by atoms with Crippen molar-refractivity contribution in [3.63, 3.8) is 0 Å². The highest BCUT2D eigenvalue weighted by Crippen LogP contribution is 2.33. The lowest BCUT2D eigenvalue weighted by molar-refractivity contribution is -0.137. The van der Waals surface area contributed by atoms with E-state index in [0.29, 0.717) is 6.54 Å². The van der Waals surface area contributed by atoms with E-state index in [2.05, 4.69) is 16.8 Å². The number of hydrogen-bond acceptors (Lipinski definition) is 3. The standard InChI is InChI=1S/C15H20N2O3S/c18-14(19)9-10-3-2-7-17(10)15(20)16-12-4-1-5-13-11(12)6-8-21-13/h6,8,10,12H,1-5,7,9H2,(H,16,20)(H,18,19). The van der Waals surface area contributed by atoms with Gasteiger partial charge in [0.25, 0.3) is 0 Å². The Hall–Kier alpha value is -1.56. The first kappa shape index (κ1) is 14.4. The van der Waals surface area contributed by atoms with Crippen LogP contribution in [0.5, 0.6) is 0 Å². The Morgan fingerprint density at radius 2 is 2.24 bits per heavy atom. The van der Waals surface area contributed by atoms with E-state index in [4.69, 9.17) is 5.11 Å². The Labute approximate surface area is 128 Å². The maximum atomic E-state index is 12.5. The van der Waals surface area contributed by atoms with Crippen molar-refractivity contribution < 1.29 is 14.7 Å². The average Bonchev–Trinajstić information content (AvgIpc) is 3.06. The van der Waals surface area contributed by atoms with Crippen molar-refractivity contribution >= 4 is 23.3 Å². The van der Waals surface area contributed by atoms with E-state index in [9.17, 15) is 9.59 Å². The number of urea groups is 1. The van der Waals surface area contributed by atoms with Gasteiger partial charge in [-0.2, -0.15) is 0 Å². The number of aryl methyl sites for hydroxylation is 1. The van der Waals surface area contributed by atoms with E-state index in [1.807, 2.05) is 0 Å². The monoisotopic (exact) mass is 308 g/mol. The molecule has 21 heavy (non-hydrogen) atoms. The third-order valence-corrected chi connectivity index (χ3v) is 5.39. The van der Waals surface area contributed by atoms with Crippen molar-refractivity contribution in [2.75, 3.05) is 6.54 Å². The summed E-state index contributed by atoms with van der Waals surface area (Å²) in [6.07, 6.45) is 4.88. The lowest BCUT2D eigenvalue weighted by Crippen LogP contribution is -2.45. The van der Waals surface area contributed by atoms with Gasteiger partial charge in [-0.15, -0.1) is 11.3 Å². The predicted octanol–water partition coefficient (Wildman–Crippen LogP) is 2.77. The van der Waals surface area contributed by atoms with Crippen LogP contribution < -0.4 is 5.32 Å². The van der Waals surface area contributed by atoms with Crippen LogP contribution in [-0.4, -0.2) is 34.6 Å². The summed E-state index contributed by atoms with van der Waals surface area (Å²) < 4.78 is 0. The van der Waals surface area contributed by atoms with Crippen LogP contribution in [0.15, 0.2) is 11.4 Å². The van der Waals surface area contributed by atoms with Gasteiger partial charge in [-0.05, 0) is 49.1 Å². The predicted molar refractivity (Wildman–Crippen MR) is 80.5 cm³/mol. The van der Waals surface area contributed by atoms with Crippen LogP contribution in [0.25, 0.3) is 0 Å². The molecule has 0 saturated carbocycles. The lowest BCUT2D eigenvalue weighted by Gasteiger charge is -2.29. The highest BCUT2D eigenvalue weighted by Gasteiger charge is 2.32. The first-order chi connectivity index (χ1) is 10.1. The molecular formula is C15H20N2O3S. The smallest absolute Gasteiger partial charge is 0.318 e. The van der Waals surface area contributed by atoms with Gasteiger partial charge in [0.15, 0.2) is 0 Å². The van der Waals surface area contributed by atoms with Gasteiger partial charge in [0.2, 0.25) is 0 Å². The van der Waals surface area contributed by atoms with Gasteiger partial charge >= 0.3 is 12.0 Å². The molecule has 2 heterocycles. The molecule has 1 aromatic heterocycles. The van der Waals surface area contributed by atoms with E-state index in [0.717, 1.165) is 32.1 Å². The molecule has 1 aliphatic heterocycles. The molecule has 6 heteroatoms. The van der Waals surface area contributed by atoms with Gasteiger partial charge in [-0.25, -0.2) is 4.79 Å². The van der Waals surface area contributed by atoms with Gasteiger partial charge in [0.05, 0.1) is 12.5 Å². The molecule has 0 aromatic carbocycles. The number of carboxylic acids is 1. The fourth-order valence-electron chi connectivity index (χ4n) is 3.39. The minimum Gasteiger partial charge on any atom is -0.481 e. The Balaban J connectivity index is 1.66. The number of rotatable bonds is 3. The summed E-state index contributed by atoms with van der Waals surface area (Å²) in [6, 6.07) is 1.91. The van der Waals surface area contributed by atoms with Crippen molar-refractivity contribution in [3.8, 4) is 0 Å². The molecule has 5 nitrogen and oxygen atoms in total. The van der Waals surface area contributed by atoms with Gasteiger partial charge in [0, 0.05) is 17.5 Å². The topological polar surface area (TPSA) is 69.6 Å². The second-order valence-corrected chi connectivity index (χ2v) is 6.78. The Bertz CT molecular complexity index is 543. The van der Waals surface area contributed by atoms with Crippen molar-refractivity contribution in [3.05, 3.63) is 21.9 Å². The van der Waals surface area contributed by atoms with Crippen molar-refractivity contribution in [2.45, 2.75) is 50.6 Å². The zero-order chi connectivity index (χ0) is 14.8. The lowest BCUT2D eigenvalue weighted by atomic mass is 9.94. The molecule has 1 fully saturated rings. The molecule has 2 unspecified atom stereocenters. The van der Waals surface area contributed by atoms with Crippen LogP contribution in [0.4, 0.5) is 4.79 Å². The molecule has 2 atom stereocenters. The average molecular weight is 308 g/mol. The highest BCUT2D eigenvalue weighted by atomic mass is 32.1. The van der Waals surface area contributed by atoms with E-state index in [1.54, 1.807) is 16.2 Å². The zero-order valence-corrected chi connectivity index (χ0v) is 12.7. The fourth-order valence-corrected chi connectivity index (χ4v) is 4.37. The maximum Gasteiger partial charge on any atom is 0.318 e. The molecule has 1 aromatic rings. The molecule has 2 amide bonds. The van der Waals surface area contributed by atoms with Gasteiger partial charge in [0.1, 0.15) is 0 Å². The summed E-state index contributed by atoms with van der Waals surface area (Å²) in [5.74, 6) is -0.836. The number of likely N-dealkylation sites (tertiary alicyclic amines) is 1. The van der Waals surface area contributed by atoms with E-state index in [1.165, 1.54) is 10.4 Å². The summed E-state index contributed by atoms with van der Waals surface area (Å²) >= 11 is 1.75. The third kappa shape index (κ3) is 3.05. The van der Waals surface area contributed by atoms with Crippen LogP contribution in [0.1, 0.15) is 48.6 Å². The minimum atomic E-state index is -0.836. The molecule has 2 N–H and O–H groups in total. The summed E-state index contributed by atoms with van der Waals surface area (Å²) in [7, 11) is 0. The molecule has 114 valence electrons. The first-order valence-corrected chi connectivity index (χ1v) is 8.38. The van der Waals surface area contributed by atoms with Crippen LogP contribution in [0.2, 0.25) is 0 Å². The molecule has 1 aliphatic carbocycles. The quantitative estimate of drug-likeness (QED) is 0.902. The van der Waals surface area contributed by atoms with Gasteiger partial charge < -0.3 is 15.3 Å². The van der Waals surface area contributed by atoms with Gasteiger partial charge in [-0.1, -0.05) is 0 Å². The van der Waals surface area contributed by atoms with Crippen molar-refractivity contribution in [1.29, 1.82) is 0 Å². The van der Waals surface area contributed by atoms with Crippen LogP contribution in [0, 0.1) is 0 Å². The van der Waals surface area contributed by atoms with Crippen LogP contribution >= 0.6 is 11.3 Å². The number of fused-ring (bicyclic) bond motifs is 1. The van der Waals surface area contributed by atoms with E-state index < -0.39 is 5.97 Å². The molecule has 2 aliphatic rings. The normalized spacial score (nSPS) is 24.7. The Kier molecular flexibility index (Phi) is 4.14. The number of carbonyl (C=O) groups is 2. The first-order valence-electron chi connectivity index (χ1n) is 7.50. The number of nitrogens with zero attached hydrogens (tertiary/aromatic N) is 1. The number of carboxylic acid groups (broad SMARTS) is 1. The summed E-state index contributed by atoms with van der Waals surface area (Å²) in [5.41, 5.74) is 1.24. The Morgan fingerprint density at radius 1 is 1.38 bits per heavy atom. The molecule has 3 rings (SSSR count). The second kappa shape index (κ2) is 6.05. The second-order valence-electron chi connectivity index (χ2n) is 5.78. The summed E-state index contributed by atoms with van der Waals surface area (Å²) in [5, 5.41) is 14.1. The molecule has 0 radical (unpaired) electrons. The zero-order valence-electron chi connectivity index (χ0n) is 11.9. The number of hydrogen-bond donors (Lipinski definition) is 2. The van der Waals surface area contributed by atoms with Crippen LogP contribution in [0.3, 0.4) is 0 Å². The number of aliphatic carboxylic acids is 1. The molecule has 1 saturated heterocycles. The minimum absolute atomic E-state index is 0.0434. The molecule has 0 spiro atoms.